The number of aliphatic imine (C=N–C) groups is 1. The number of nitrogens with one attached hydrogen (secondary N) is 2. The second kappa shape index (κ2) is 10.4. The average Bonchev–Trinajstić information content (AvgIpc) is 2.46. The SMILES string of the molecule is CCCCCCNC(=NC)NCCc1cccnc1. The van der Waals surface area contributed by atoms with Crippen LogP contribution in [0.1, 0.15) is 38.2 Å². The molecule has 1 aromatic heterocycles. The van der Waals surface area contributed by atoms with E-state index in [0.717, 1.165) is 25.5 Å². The van der Waals surface area contributed by atoms with Crippen molar-refractivity contribution in [1.82, 2.24) is 15.6 Å². The van der Waals surface area contributed by atoms with Crippen LogP contribution in [-0.4, -0.2) is 31.1 Å². The molecular weight excluding hydrogens is 236 g/mol. The normalized spacial score (nSPS) is 11.4. The van der Waals surface area contributed by atoms with Crippen LogP contribution in [0.5, 0.6) is 0 Å². The molecule has 0 aliphatic carbocycles. The molecule has 0 aliphatic rings. The largest absolute Gasteiger partial charge is 0.356 e. The van der Waals surface area contributed by atoms with E-state index in [1.807, 2.05) is 19.3 Å². The first kappa shape index (κ1) is 15.5. The van der Waals surface area contributed by atoms with Gasteiger partial charge in [0, 0.05) is 32.5 Å². The number of nitrogens with zero attached hydrogens (tertiary/aromatic N) is 2. The highest BCUT2D eigenvalue weighted by Gasteiger charge is 1.97. The zero-order valence-corrected chi connectivity index (χ0v) is 12.2. The van der Waals surface area contributed by atoms with Gasteiger partial charge < -0.3 is 10.6 Å². The van der Waals surface area contributed by atoms with Gasteiger partial charge in [0.15, 0.2) is 5.96 Å². The van der Waals surface area contributed by atoms with Crippen molar-refractivity contribution < 1.29 is 0 Å². The van der Waals surface area contributed by atoms with Crippen LogP contribution in [0.3, 0.4) is 0 Å². The van der Waals surface area contributed by atoms with E-state index in [0.29, 0.717) is 0 Å². The molecule has 2 N–H and O–H groups in total. The van der Waals surface area contributed by atoms with E-state index in [1.54, 1.807) is 6.20 Å². The Morgan fingerprint density at radius 1 is 1.21 bits per heavy atom. The molecule has 4 nitrogen and oxygen atoms in total. The molecule has 0 aliphatic heterocycles. The van der Waals surface area contributed by atoms with Gasteiger partial charge in [-0.15, -0.1) is 0 Å². The summed E-state index contributed by atoms with van der Waals surface area (Å²) in [5.41, 5.74) is 1.24. The number of hydrogen-bond acceptors (Lipinski definition) is 2. The highest BCUT2D eigenvalue weighted by Crippen LogP contribution is 1.97. The van der Waals surface area contributed by atoms with Gasteiger partial charge >= 0.3 is 0 Å². The Labute approximate surface area is 116 Å². The van der Waals surface area contributed by atoms with Crippen molar-refractivity contribution in [2.24, 2.45) is 4.99 Å². The standard InChI is InChI=1S/C15H26N4/c1-3-4-5-6-11-18-15(16-2)19-12-9-14-8-7-10-17-13-14/h7-8,10,13H,3-6,9,11-12H2,1-2H3,(H2,16,18,19). The molecule has 1 rings (SSSR count). The number of hydrogen-bond donors (Lipinski definition) is 2. The summed E-state index contributed by atoms with van der Waals surface area (Å²) < 4.78 is 0. The Morgan fingerprint density at radius 3 is 2.74 bits per heavy atom. The third kappa shape index (κ3) is 7.44. The lowest BCUT2D eigenvalue weighted by Crippen LogP contribution is -2.38. The number of pyridine rings is 1. The smallest absolute Gasteiger partial charge is 0.190 e. The van der Waals surface area contributed by atoms with Gasteiger partial charge in [-0.3, -0.25) is 9.98 Å². The van der Waals surface area contributed by atoms with E-state index in [9.17, 15) is 0 Å². The fourth-order valence-electron chi connectivity index (χ4n) is 1.85. The molecule has 1 heterocycles. The number of aromatic nitrogens is 1. The maximum absolute atomic E-state index is 4.22. The number of guanidine groups is 1. The van der Waals surface area contributed by atoms with E-state index < -0.39 is 0 Å². The minimum atomic E-state index is 0.875. The number of unbranched alkanes of at least 4 members (excludes halogenated alkanes) is 3. The first-order valence-corrected chi connectivity index (χ1v) is 7.20. The second-order valence-corrected chi connectivity index (χ2v) is 4.60. The summed E-state index contributed by atoms with van der Waals surface area (Å²) in [7, 11) is 1.81. The summed E-state index contributed by atoms with van der Waals surface area (Å²) in [6.07, 6.45) is 9.75. The minimum absolute atomic E-state index is 0.875. The molecule has 0 radical (unpaired) electrons. The van der Waals surface area contributed by atoms with Gasteiger partial charge in [-0.2, -0.15) is 0 Å². The zero-order valence-electron chi connectivity index (χ0n) is 12.2. The topological polar surface area (TPSA) is 49.3 Å². The van der Waals surface area contributed by atoms with Crippen LogP contribution in [0.25, 0.3) is 0 Å². The molecule has 0 fully saturated rings. The first-order valence-electron chi connectivity index (χ1n) is 7.20. The maximum Gasteiger partial charge on any atom is 0.190 e. The average molecular weight is 262 g/mol. The van der Waals surface area contributed by atoms with Crippen molar-refractivity contribution in [1.29, 1.82) is 0 Å². The van der Waals surface area contributed by atoms with Gasteiger partial charge in [0.05, 0.1) is 0 Å². The molecule has 1 aromatic rings. The summed E-state index contributed by atoms with van der Waals surface area (Å²) in [4.78, 5) is 8.32. The molecule has 19 heavy (non-hydrogen) atoms. The molecule has 0 aromatic carbocycles. The Kier molecular flexibility index (Phi) is 8.43. The van der Waals surface area contributed by atoms with Crippen LogP contribution in [0, 0.1) is 0 Å². The zero-order chi connectivity index (χ0) is 13.8. The molecule has 0 saturated carbocycles. The number of rotatable bonds is 8. The monoisotopic (exact) mass is 262 g/mol. The summed E-state index contributed by atoms with van der Waals surface area (Å²) in [6.45, 7) is 4.10. The first-order chi connectivity index (χ1) is 9.36. The summed E-state index contributed by atoms with van der Waals surface area (Å²) in [5.74, 6) is 0.889. The maximum atomic E-state index is 4.22. The lowest BCUT2D eigenvalue weighted by molar-refractivity contribution is 0.647. The molecule has 0 bridgehead atoms. The van der Waals surface area contributed by atoms with Crippen LogP contribution in [0.15, 0.2) is 29.5 Å². The lowest BCUT2D eigenvalue weighted by atomic mass is 10.2. The molecule has 0 unspecified atom stereocenters. The Balaban J connectivity index is 2.12. The quantitative estimate of drug-likeness (QED) is 0.429. The minimum Gasteiger partial charge on any atom is -0.356 e. The van der Waals surface area contributed by atoms with Crippen molar-refractivity contribution in [2.75, 3.05) is 20.1 Å². The van der Waals surface area contributed by atoms with Crippen LogP contribution >= 0.6 is 0 Å². The van der Waals surface area contributed by atoms with Gasteiger partial charge in [0.25, 0.3) is 0 Å². The van der Waals surface area contributed by atoms with Gasteiger partial charge in [0.1, 0.15) is 0 Å². The van der Waals surface area contributed by atoms with Crippen molar-refractivity contribution in [3.63, 3.8) is 0 Å². The molecule has 106 valence electrons. The van der Waals surface area contributed by atoms with Gasteiger partial charge in [-0.25, -0.2) is 0 Å². The van der Waals surface area contributed by atoms with Crippen molar-refractivity contribution in [3.8, 4) is 0 Å². The predicted molar refractivity (Wildman–Crippen MR) is 81.4 cm³/mol. The second-order valence-electron chi connectivity index (χ2n) is 4.60. The Hall–Kier alpha value is -1.58. The summed E-state index contributed by atoms with van der Waals surface area (Å²) in [6, 6.07) is 4.06. The van der Waals surface area contributed by atoms with Crippen LogP contribution in [0.2, 0.25) is 0 Å². The third-order valence-electron chi connectivity index (χ3n) is 2.98. The van der Waals surface area contributed by atoms with E-state index >= 15 is 0 Å². The van der Waals surface area contributed by atoms with E-state index in [-0.39, 0.29) is 0 Å². The third-order valence-corrected chi connectivity index (χ3v) is 2.98. The fraction of sp³-hybridized carbons (Fsp3) is 0.600. The van der Waals surface area contributed by atoms with E-state index in [2.05, 4.69) is 33.6 Å². The summed E-state index contributed by atoms with van der Waals surface area (Å²) >= 11 is 0. The lowest BCUT2D eigenvalue weighted by Gasteiger charge is -2.11. The van der Waals surface area contributed by atoms with Crippen molar-refractivity contribution >= 4 is 5.96 Å². The highest BCUT2D eigenvalue weighted by atomic mass is 15.2. The molecule has 0 atom stereocenters. The molecular formula is C15H26N4. The van der Waals surface area contributed by atoms with Gasteiger partial charge in [-0.05, 0) is 24.5 Å². The van der Waals surface area contributed by atoms with Crippen molar-refractivity contribution in [3.05, 3.63) is 30.1 Å². The van der Waals surface area contributed by atoms with Crippen molar-refractivity contribution in [2.45, 2.75) is 39.0 Å². The van der Waals surface area contributed by atoms with Gasteiger partial charge in [0.2, 0.25) is 0 Å². The van der Waals surface area contributed by atoms with E-state index in [4.69, 9.17) is 0 Å². The Morgan fingerprint density at radius 2 is 2.05 bits per heavy atom. The van der Waals surface area contributed by atoms with Crippen LogP contribution in [0.4, 0.5) is 0 Å². The Bertz CT molecular complexity index is 348. The molecule has 0 saturated heterocycles. The van der Waals surface area contributed by atoms with Crippen LogP contribution in [-0.2, 0) is 6.42 Å². The van der Waals surface area contributed by atoms with E-state index in [1.165, 1.54) is 31.2 Å². The molecule has 4 heteroatoms. The van der Waals surface area contributed by atoms with Crippen LogP contribution < -0.4 is 10.6 Å². The highest BCUT2D eigenvalue weighted by molar-refractivity contribution is 5.79. The molecule has 0 amide bonds. The predicted octanol–water partition coefficient (Wildman–Crippen LogP) is 2.37. The fourth-order valence-corrected chi connectivity index (χ4v) is 1.85. The summed E-state index contributed by atoms with van der Waals surface area (Å²) in [5, 5.41) is 6.66. The van der Waals surface area contributed by atoms with Gasteiger partial charge in [-0.1, -0.05) is 32.3 Å². The molecule has 0 spiro atoms.